The van der Waals surface area contributed by atoms with Crippen LogP contribution in [-0.2, 0) is 0 Å². The average Bonchev–Trinajstić information content (AvgIpc) is 2.42. The summed E-state index contributed by atoms with van der Waals surface area (Å²) in [7, 11) is 0. The van der Waals surface area contributed by atoms with Crippen LogP contribution in [0, 0.1) is 0 Å². The van der Waals surface area contributed by atoms with Gasteiger partial charge in [-0.15, -0.1) is 0 Å². The lowest BCUT2D eigenvalue weighted by Crippen LogP contribution is -2.22. The van der Waals surface area contributed by atoms with Crippen LogP contribution in [0.15, 0.2) is 46.7 Å². The number of benzene rings is 1. The molecule has 0 aliphatic heterocycles. The van der Waals surface area contributed by atoms with Crippen molar-refractivity contribution in [3.05, 3.63) is 42.2 Å². The molecule has 2 aromatic rings. The number of nitrogens with zero attached hydrogens (tertiary/aromatic N) is 2. The van der Waals surface area contributed by atoms with Gasteiger partial charge in [0.15, 0.2) is 5.16 Å². The largest absolute Gasteiger partial charge is 0.398 e. The maximum absolute atomic E-state index is 11.8. The molecule has 0 atom stereocenters. The van der Waals surface area contributed by atoms with Crippen LogP contribution < -0.4 is 11.1 Å². The standard InChI is InChI=1S/C13H14N4OS/c1-2-15-12(18)9-4-5-10(14)11(8-9)19-13-16-6-3-7-17-13/h3-8H,2,14H2,1H3,(H,15,18). The summed E-state index contributed by atoms with van der Waals surface area (Å²) >= 11 is 1.34. The van der Waals surface area contributed by atoms with Crippen molar-refractivity contribution in [1.82, 2.24) is 15.3 Å². The fraction of sp³-hybridized carbons (Fsp3) is 0.154. The molecular weight excluding hydrogens is 260 g/mol. The van der Waals surface area contributed by atoms with Crippen molar-refractivity contribution in [2.45, 2.75) is 17.0 Å². The van der Waals surface area contributed by atoms with Gasteiger partial charge in [0, 0.05) is 35.1 Å². The van der Waals surface area contributed by atoms with Crippen LogP contribution in [0.3, 0.4) is 0 Å². The molecule has 0 aliphatic carbocycles. The summed E-state index contributed by atoms with van der Waals surface area (Å²) in [5, 5.41) is 3.35. The molecule has 0 saturated heterocycles. The van der Waals surface area contributed by atoms with Gasteiger partial charge in [-0.05, 0) is 43.0 Å². The fourth-order valence-electron chi connectivity index (χ4n) is 1.46. The van der Waals surface area contributed by atoms with E-state index in [9.17, 15) is 4.79 Å². The van der Waals surface area contributed by atoms with E-state index < -0.39 is 0 Å². The molecule has 0 fully saturated rings. The monoisotopic (exact) mass is 274 g/mol. The molecule has 6 heteroatoms. The second-order valence-electron chi connectivity index (χ2n) is 3.75. The summed E-state index contributed by atoms with van der Waals surface area (Å²) in [4.78, 5) is 20.8. The number of aromatic nitrogens is 2. The lowest BCUT2D eigenvalue weighted by Gasteiger charge is -2.07. The van der Waals surface area contributed by atoms with Crippen molar-refractivity contribution >= 4 is 23.4 Å². The molecule has 0 saturated carbocycles. The lowest BCUT2D eigenvalue weighted by molar-refractivity contribution is 0.0955. The molecule has 5 nitrogen and oxygen atoms in total. The zero-order valence-electron chi connectivity index (χ0n) is 10.5. The van der Waals surface area contributed by atoms with Crippen molar-refractivity contribution in [3.63, 3.8) is 0 Å². The molecule has 3 N–H and O–H groups in total. The minimum atomic E-state index is -0.113. The number of anilines is 1. The smallest absolute Gasteiger partial charge is 0.251 e. The van der Waals surface area contributed by atoms with Crippen LogP contribution in [0.5, 0.6) is 0 Å². The Morgan fingerprint density at radius 2 is 2.11 bits per heavy atom. The Morgan fingerprint density at radius 1 is 1.37 bits per heavy atom. The van der Waals surface area contributed by atoms with E-state index in [1.165, 1.54) is 11.8 Å². The second kappa shape index (κ2) is 6.19. The number of nitrogens with two attached hydrogens (primary N) is 1. The highest BCUT2D eigenvalue weighted by Crippen LogP contribution is 2.30. The van der Waals surface area contributed by atoms with E-state index in [0.29, 0.717) is 23.0 Å². The maximum Gasteiger partial charge on any atom is 0.251 e. The molecule has 0 bridgehead atoms. The average molecular weight is 274 g/mol. The predicted octanol–water partition coefficient (Wildman–Crippen LogP) is 1.96. The highest BCUT2D eigenvalue weighted by Gasteiger charge is 2.09. The molecule has 1 amide bonds. The third-order valence-corrected chi connectivity index (χ3v) is 3.32. The summed E-state index contributed by atoms with van der Waals surface area (Å²) in [6.07, 6.45) is 3.33. The minimum Gasteiger partial charge on any atom is -0.398 e. The number of carbonyl (C=O) groups is 1. The Labute approximate surface area is 115 Å². The number of nitrogens with one attached hydrogen (secondary N) is 1. The summed E-state index contributed by atoms with van der Waals surface area (Å²) in [6.45, 7) is 2.47. The van der Waals surface area contributed by atoms with Crippen molar-refractivity contribution in [2.24, 2.45) is 0 Å². The minimum absolute atomic E-state index is 0.113. The van der Waals surface area contributed by atoms with Gasteiger partial charge >= 0.3 is 0 Å². The van der Waals surface area contributed by atoms with Crippen molar-refractivity contribution < 1.29 is 4.79 Å². The molecular formula is C13H14N4OS. The number of amides is 1. The zero-order valence-corrected chi connectivity index (χ0v) is 11.3. The quantitative estimate of drug-likeness (QED) is 0.658. The topological polar surface area (TPSA) is 80.9 Å². The third-order valence-electron chi connectivity index (χ3n) is 2.36. The first-order valence-corrected chi connectivity index (χ1v) is 6.65. The number of hydrogen-bond donors (Lipinski definition) is 2. The zero-order chi connectivity index (χ0) is 13.7. The normalized spacial score (nSPS) is 10.2. The fourth-order valence-corrected chi connectivity index (χ4v) is 2.26. The van der Waals surface area contributed by atoms with Gasteiger partial charge in [-0.1, -0.05) is 0 Å². The summed E-state index contributed by atoms with van der Waals surface area (Å²) in [5.41, 5.74) is 7.08. The van der Waals surface area contributed by atoms with Crippen molar-refractivity contribution in [2.75, 3.05) is 12.3 Å². The van der Waals surface area contributed by atoms with Gasteiger partial charge in [0.25, 0.3) is 5.91 Å². The van der Waals surface area contributed by atoms with Crippen LogP contribution in [0.2, 0.25) is 0 Å². The predicted molar refractivity (Wildman–Crippen MR) is 75.0 cm³/mol. The van der Waals surface area contributed by atoms with Gasteiger partial charge in [0.05, 0.1) is 0 Å². The highest BCUT2D eigenvalue weighted by atomic mass is 32.2. The Morgan fingerprint density at radius 3 is 2.79 bits per heavy atom. The van der Waals surface area contributed by atoms with Gasteiger partial charge in [0.2, 0.25) is 0 Å². The number of rotatable bonds is 4. The Balaban J connectivity index is 2.25. The molecule has 0 aliphatic rings. The molecule has 0 unspecified atom stereocenters. The molecule has 19 heavy (non-hydrogen) atoms. The van der Waals surface area contributed by atoms with Crippen LogP contribution >= 0.6 is 11.8 Å². The first-order valence-electron chi connectivity index (χ1n) is 5.83. The van der Waals surface area contributed by atoms with E-state index in [4.69, 9.17) is 5.73 Å². The maximum atomic E-state index is 11.8. The van der Waals surface area contributed by atoms with E-state index in [2.05, 4.69) is 15.3 Å². The summed E-state index contributed by atoms with van der Waals surface area (Å²) in [6, 6.07) is 6.92. The molecule has 1 aromatic carbocycles. The van der Waals surface area contributed by atoms with Crippen LogP contribution in [0.25, 0.3) is 0 Å². The van der Waals surface area contributed by atoms with Crippen LogP contribution in [0.1, 0.15) is 17.3 Å². The number of hydrogen-bond acceptors (Lipinski definition) is 5. The number of nitrogen functional groups attached to an aromatic ring is 1. The summed E-state index contributed by atoms with van der Waals surface area (Å²) in [5.74, 6) is -0.113. The molecule has 0 spiro atoms. The SMILES string of the molecule is CCNC(=O)c1ccc(N)c(Sc2ncccn2)c1. The number of carbonyl (C=O) groups excluding carboxylic acids is 1. The van der Waals surface area contributed by atoms with Crippen molar-refractivity contribution in [3.8, 4) is 0 Å². The van der Waals surface area contributed by atoms with Gasteiger partial charge in [-0.2, -0.15) is 0 Å². The van der Waals surface area contributed by atoms with Crippen molar-refractivity contribution in [1.29, 1.82) is 0 Å². The Hall–Kier alpha value is -2.08. The van der Waals surface area contributed by atoms with Crippen LogP contribution in [-0.4, -0.2) is 22.4 Å². The van der Waals surface area contributed by atoms with Gasteiger partial charge in [-0.3, -0.25) is 4.79 Å². The van der Waals surface area contributed by atoms with Gasteiger partial charge in [-0.25, -0.2) is 9.97 Å². The highest BCUT2D eigenvalue weighted by molar-refractivity contribution is 7.99. The van der Waals surface area contributed by atoms with E-state index in [1.807, 2.05) is 6.92 Å². The third kappa shape index (κ3) is 3.45. The van der Waals surface area contributed by atoms with E-state index in [-0.39, 0.29) is 5.91 Å². The van der Waals surface area contributed by atoms with E-state index >= 15 is 0 Å². The van der Waals surface area contributed by atoms with Gasteiger partial charge < -0.3 is 11.1 Å². The van der Waals surface area contributed by atoms with E-state index in [1.54, 1.807) is 36.7 Å². The molecule has 98 valence electrons. The molecule has 2 rings (SSSR count). The molecule has 1 aromatic heterocycles. The van der Waals surface area contributed by atoms with E-state index in [0.717, 1.165) is 4.90 Å². The first kappa shape index (κ1) is 13.4. The molecule has 0 radical (unpaired) electrons. The Kier molecular flexibility index (Phi) is 4.35. The van der Waals surface area contributed by atoms with Crippen LogP contribution in [0.4, 0.5) is 5.69 Å². The molecule has 1 heterocycles. The lowest BCUT2D eigenvalue weighted by atomic mass is 10.2. The second-order valence-corrected chi connectivity index (χ2v) is 4.75. The summed E-state index contributed by atoms with van der Waals surface area (Å²) < 4.78 is 0. The Bertz CT molecular complexity index is 574. The first-order chi connectivity index (χ1) is 9.20. The van der Waals surface area contributed by atoms with Gasteiger partial charge in [0.1, 0.15) is 0 Å².